The van der Waals surface area contributed by atoms with Crippen molar-refractivity contribution in [2.45, 2.75) is 76.7 Å². The van der Waals surface area contributed by atoms with Gasteiger partial charge >= 0.3 is 23.5 Å². The molecular weight excluding hydrogens is 659 g/mol. The van der Waals surface area contributed by atoms with Crippen LogP contribution in [0.1, 0.15) is 63.7 Å². The summed E-state index contributed by atoms with van der Waals surface area (Å²) in [7, 11) is -16.7. The summed E-state index contributed by atoms with van der Waals surface area (Å²) >= 11 is 0. The van der Waals surface area contributed by atoms with Crippen LogP contribution < -0.4 is 10.9 Å². The van der Waals surface area contributed by atoms with E-state index in [4.69, 9.17) is 14.5 Å². The van der Waals surface area contributed by atoms with Crippen LogP contribution in [-0.4, -0.2) is 63.0 Å². The van der Waals surface area contributed by atoms with Crippen LogP contribution in [0.4, 0.5) is 11.6 Å². The highest BCUT2D eigenvalue weighted by Crippen LogP contribution is 2.66. The van der Waals surface area contributed by atoms with Crippen LogP contribution in [0.15, 0.2) is 35.4 Å². The fourth-order valence-corrected chi connectivity index (χ4v) is 7.73. The Bertz CT molecular complexity index is 1640. The average molecular weight is 695 g/mol. The summed E-state index contributed by atoms with van der Waals surface area (Å²) in [6.07, 6.45) is 5.93. The Morgan fingerprint density at radius 2 is 1.71 bits per heavy atom. The number of unbranched alkanes of at least 4 members (excludes halogenated alkanes) is 5. The summed E-state index contributed by atoms with van der Waals surface area (Å²) in [6.45, 7) is 1.35. The summed E-state index contributed by atoms with van der Waals surface area (Å²) < 4.78 is 53.3. The zero-order valence-electron chi connectivity index (χ0n) is 24.2. The molecule has 0 bridgehead atoms. The number of imidazole rings is 1. The van der Waals surface area contributed by atoms with E-state index in [2.05, 4.69) is 40.3 Å². The summed E-state index contributed by atoms with van der Waals surface area (Å²) in [5.74, 6) is 0.126. The fraction of sp³-hybridized carbons (Fsp3) is 0.542. The number of nitrogens with zero attached hydrogens (tertiary/aromatic N) is 3. The lowest BCUT2D eigenvalue weighted by atomic mass is 10.0. The number of aliphatic hydroxyl groups is 1. The Morgan fingerprint density at radius 1 is 1.02 bits per heavy atom. The molecule has 3 heterocycles. The SMILES string of the molecule is CCCCCCCCc1ccc(Nc2nc3c(ncn3[C@H]3C[C@H](O)[C@@H](COP(=O)(O)OP(=O)(O)OP(=O)(O)O)O3)c(=O)[nH]2)cc1. The largest absolute Gasteiger partial charge is 0.490 e. The monoisotopic (exact) mass is 695 g/mol. The number of hydrogen-bond donors (Lipinski definition) is 7. The van der Waals surface area contributed by atoms with Crippen molar-refractivity contribution in [1.29, 1.82) is 0 Å². The number of phosphoric acid groups is 3. The van der Waals surface area contributed by atoms with Crippen molar-refractivity contribution in [2.24, 2.45) is 0 Å². The van der Waals surface area contributed by atoms with Crippen molar-refractivity contribution in [2.75, 3.05) is 11.9 Å². The van der Waals surface area contributed by atoms with Gasteiger partial charge in [0.1, 0.15) is 12.3 Å². The van der Waals surface area contributed by atoms with E-state index in [9.17, 15) is 33.4 Å². The number of aromatic amines is 1. The lowest BCUT2D eigenvalue weighted by Gasteiger charge is -2.19. The van der Waals surface area contributed by atoms with Gasteiger partial charge in [0, 0.05) is 12.1 Å². The summed E-state index contributed by atoms with van der Waals surface area (Å²) in [5.41, 5.74) is 1.46. The highest BCUT2D eigenvalue weighted by molar-refractivity contribution is 7.66. The lowest BCUT2D eigenvalue weighted by Crippen LogP contribution is -2.26. The molecule has 2 unspecified atom stereocenters. The molecule has 3 aromatic rings. The number of hydrogen-bond acceptors (Lipinski definition) is 12. The van der Waals surface area contributed by atoms with Crippen LogP contribution in [0, 0.1) is 0 Å². The van der Waals surface area contributed by atoms with E-state index in [0.29, 0.717) is 5.69 Å². The highest BCUT2D eigenvalue weighted by Gasteiger charge is 2.43. The number of rotatable bonds is 17. The topological polar surface area (TPSA) is 265 Å². The van der Waals surface area contributed by atoms with Gasteiger partial charge in [-0.25, -0.2) is 18.7 Å². The van der Waals surface area contributed by atoms with Crippen LogP contribution >= 0.6 is 23.5 Å². The van der Waals surface area contributed by atoms with E-state index in [1.54, 1.807) is 0 Å². The van der Waals surface area contributed by atoms with E-state index in [1.165, 1.54) is 48.6 Å². The van der Waals surface area contributed by atoms with Crippen molar-refractivity contribution in [3.05, 3.63) is 46.5 Å². The predicted molar refractivity (Wildman–Crippen MR) is 159 cm³/mol. The summed E-state index contributed by atoms with van der Waals surface area (Å²) in [5, 5.41) is 13.5. The van der Waals surface area contributed by atoms with Crippen molar-refractivity contribution >= 4 is 46.3 Å². The molecule has 4 rings (SSSR count). The van der Waals surface area contributed by atoms with Gasteiger partial charge in [0.2, 0.25) is 5.95 Å². The Hall–Kier alpha value is -2.30. The van der Waals surface area contributed by atoms with Gasteiger partial charge in [-0.15, -0.1) is 0 Å². The van der Waals surface area contributed by atoms with Gasteiger partial charge in [0.05, 0.1) is 19.0 Å². The van der Waals surface area contributed by atoms with Crippen LogP contribution in [0.3, 0.4) is 0 Å². The van der Waals surface area contributed by atoms with Crippen molar-refractivity contribution in [3.63, 3.8) is 0 Å². The number of nitrogens with one attached hydrogen (secondary N) is 2. The van der Waals surface area contributed by atoms with Gasteiger partial charge in [-0.05, 0) is 30.5 Å². The molecule has 18 nitrogen and oxygen atoms in total. The number of phosphoric ester groups is 1. The quantitative estimate of drug-likeness (QED) is 0.0783. The number of anilines is 2. The zero-order valence-corrected chi connectivity index (χ0v) is 26.9. The van der Waals surface area contributed by atoms with Gasteiger partial charge in [-0.2, -0.15) is 13.6 Å². The first kappa shape index (κ1) is 35.6. The van der Waals surface area contributed by atoms with E-state index in [0.717, 1.165) is 12.8 Å². The van der Waals surface area contributed by atoms with Gasteiger partial charge in [0.15, 0.2) is 11.2 Å². The van der Waals surface area contributed by atoms with Crippen LogP contribution in [0.5, 0.6) is 0 Å². The third kappa shape index (κ3) is 10.6. The Kier molecular flexibility index (Phi) is 11.9. The molecule has 0 radical (unpaired) electrons. The van der Waals surface area contributed by atoms with Crippen LogP contribution in [0.2, 0.25) is 0 Å². The van der Waals surface area contributed by atoms with Crippen LogP contribution in [-0.2, 0) is 38.0 Å². The van der Waals surface area contributed by atoms with Crippen molar-refractivity contribution < 1.29 is 56.3 Å². The fourth-order valence-electron chi connectivity index (χ4n) is 4.70. The molecule has 5 atom stereocenters. The van der Waals surface area contributed by atoms with Gasteiger partial charge in [0.25, 0.3) is 5.56 Å². The molecule has 7 N–H and O–H groups in total. The van der Waals surface area contributed by atoms with E-state index >= 15 is 0 Å². The first-order valence-electron chi connectivity index (χ1n) is 14.1. The molecule has 250 valence electrons. The first-order valence-corrected chi connectivity index (χ1v) is 18.6. The number of aliphatic hydroxyl groups excluding tert-OH is 1. The van der Waals surface area contributed by atoms with E-state index in [1.807, 2.05) is 24.3 Å². The second-order valence-corrected chi connectivity index (χ2v) is 14.8. The average Bonchev–Trinajstić information content (AvgIpc) is 3.52. The first-order chi connectivity index (χ1) is 21.1. The van der Waals surface area contributed by atoms with Crippen LogP contribution in [0.25, 0.3) is 11.2 Å². The molecule has 21 heteroatoms. The number of aromatic nitrogens is 4. The minimum absolute atomic E-state index is 0.00959. The van der Waals surface area contributed by atoms with Gasteiger partial charge in [-0.1, -0.05) is 51.2 Å². The van der Waals surface area contributed by atoms with Gasteiger partial charge < -0.3 is 34.7 Å². The maximum Gasteiger partial charge on any atom is 0.490 e. The number of fused-ring (bicyclic) bond motifs is 1. The van der Waals surface area contributed by atoms with Gasteiger partial charge in [-0.3, -0.25) is 18.9 Å². The highest BCUT2D eigenvalue weighted by atomic mass is 31.3. The third-order valence-corrected chi connectivity index (χ3v) is 10.6. The molecule has 0 amide bonds. The molecule has 0 aliphatic carbocycles. The number of aryl methyl sites for hydroxylation is 1. The zero-order chi connectivity index (χ0) is 32.8. The van der Waals surface area contributed by atoms with E-state index in [-0.39, 0.29) is 23.5 Å². The molecule has 1 saturated heterocycles. The number of H-pyrrole nitrogens is 1. The molecule has 1 aliphatic rings. The van der Waals surface area contributed by atoms with E-state index < -0.39 is 54.1 Å². The standard InChI is InChI=1S/C24H36N5O13P3/c1-2-3-4-5-6-7-8-16-9-11-17(12-10-16)26-24-27-22-21(23(31)28-24)25-15-29(22)20-13-18(30)19(40-20)14-39-44(35,36)42-45(37,38)41-43(32,33)34/h9-12,15,18-20,30H,2-8,13-14H2,1H3,(H,35,36)(H,37,38)(H2,32,33,34)(H2,26,27,28,31)/t18-,19+,20+/m0/s1. The maximum atomic E-state index is 12.7. The third-order valence-electron chi connectivity index (χ3n) is 6.80. The molecule has 1 aliphatic heterocycles. The number of benzene rings is 1. The molecule has 45 heavy (non-hydrogen) atoms. The summed E-state index contributed by atoms with van der Waals surface area (Å²) in [6, 6.07) is 7.77. The molecule has 2 aromatic heterocycles. The molecular formula is C24H36N5O13P3. The normalized spacial score (nSPS) is 21.5. The van der Waals surface area contributed by atoms with Crippen molar-refractivity contribution in [3.8, 4) is 0 Å². The molecule has 1 fully saturated rings. The minimum Gasteiger partial charge on any atom is -0.390 e. The Balaban J connectivity index is 1.38. The second kappa shape index (κ2) is 15.1. The molecule has 0 spiro atoms. The predicted octanol–water partition coefficient (Wildman–Crippen LogP) is 3.76. The number of ether oxygens (including phenoxy) is 1. The summed E-state index contributed by atoms with van der Waals surface area (Å²) in [4.78, 5) is 60.1. The smallest absolute Gasteiger partial charge is 0.390 e. The maximum absolute atomic E-state index is 12.7. The molecule has 0 saturated carbocycles. The Labute approximate surface area is 257 Å². The molecule has 1 aromatic carbocycles. The minimum atomic E-state index is -5.70. The Morgan fingerprint density at radius 3 is 2.40 bits per heavy atom. The second-order valence-electron chi connectivity index (χ2n) is 10.4. The lowest BCUT2D eigenvalue weighted by molar-refractivity contribution is -0.0423. The van der Waals surface area contributed by atoms with Crippen molar-refractivity contribution in [1.82, 2.24) is 19.5 Å².